The lowest BCUT2D eigenvalue weighted by atomic mass is 9.56. The fraction of sp³-hybridized carbons (Fsp3) is 0.333. The van der Waals surface area contributed by atoms with Gasteiger partial charge in [0.05, 0.1) is 18.9 Å². The van der Waals surface area contributed by atoms with Crippen molar-refractivity contribution >= 4 is 52.5 Å². The third-order valence-corrected chi connectivity index (χ3v) is 10.2. The molecule has 0 unspecified atom stereocenters. The van der Waals surface area contributed by atoms with Crippen molar-refractivity contribution in [2.75, 3.05) is 12.0 Å². The number of aromatic hydroxyl groups is 1. The van der Waals surface area contributed by atoms with Crippen molar-refractivity contribution < 1.29 is 56.2 Å². The van der Waals surface area contributed by atoms with E-state index in [1.54, 1.807) is 0 Å². The number of hydroxylamine groups is 2. The molecule has 43 heavy (non-hydrogen) atoms. The van der Waals surface area contributed by atoms with Crippen LogP contribution < -0.4 is 9.64 Å². The molecule has 2 aromatic rings. The van der Waals surface area contributed by atoms with Crippen molar-refractivity contribution in [1.82, 2.24) is 5.06 Å². The van der Waals surface area contributed by atoms with Gasteiger partial charge in [-0.05, 0) is 24.8 Å². The van der Waals surface area contributed by atoms with Crippen LogP contribution in [0, 0.1) is 46.8 Å². The molecule has 1 saturated carbocycles. The number of rotatable bonds is 3. The molecule has 0 radical (unpaired) electrons. The van der Waals surface area contributed by atoms with Crippen LogP contribution in [0.15, 0.2) is 29.8 Å². The summed E-state index contributed by atoms with van der Waals surface area (Å²) >= 11 is 13.8. The van der Waals surface area contributed by atoms with Gasteiger partial charge in [-0.3, -0.25) is 24.4 Å². The third kappa shape index (κ3) is 3.42. The minimum Gasteiger partial charge on any atom is -0.504 e. The third-order valence-electron chi connectivity index (χ3n) is 8.76. The molecule has 2 aliphatic carbocycles. The van der Waals surface area contributed by atoms with Gasteiger partial charge in [-0.25, -0.2) is 26.9 Å². The number of phenolic OH excluding ortho intramolecular Hbond substituents is 1. The van der Waals surface area contributed by atoms with E-state index >= 15 is 0 Å². The summed E-state index contributed by atoms with van der Waals surface area (Å²) in [7, 11) is 1.20. The van der Waals surface area contributed by atoms with E-state index in [0.717, 1.165) is 0 Å². The van der Waals surface area contributed by atoms with Crippen LogP contribution >= 0.6 is 23.2 Å². The van der Waals surface area contributed by atoms with Crippen molar-refractivity contribution in [3.8, 4) is 11.5 Å². The Hall–Kier alpha value is -3.75. The number of alkyl halides is 2. The smallest absolute Gasteiger partial charge is 0.258 e. The second-order valence-corrected chi connectivity index (χ2v) is 11.8. The molecule has 2 saturated heterocycles. The number of nitrogens with zero attached hydrogens (tertiary/aromatic N) is 2. The number of amides is 4. The Morgan fingerprint density at radius 2 is 1.51 bits per heavy atom. The molecule has 6 atom stereocenters. The molecule has 6 rings (SSSR count). The molecule has 3 fully saturated rings. The minimum absolute atomic E-state index is 0.0870. The molecule has 0 bridgehead atoms. The first-order chi connectivity index (χ1) is 20.1. The van der Waals surface area contributed by atoms with Crippen LogP contribution in [0.5, 0.6) is 11.5 Å². The van der Waals surface area contributed by atoms with Crippen LogP contribution in [0.4, 0.5) is 27.6 Å². The Bertz CT molecular complexity index is 1690. The topological polar surface area (TPSA) is 124 Å². The number of halogens is 7. The highest BCUT2D eigenvalue weighted by Gasteiger charge is 2.77. The minimum atomic E-state index is -2.80. The van der Waals surface area contributed by atoms with E-state index in [4.69, 9.17) is 27.9 Å². The molecule has 4 aliphatic rings. The molecule has 2 heterocycles. The van der Waals surface area contributed by atoms with Gasteiger partial charge in [0, 0.05) is 11.5 Å². The first-order valence-corrected chi connectivity index (χ1v) is 13.3. The summed E-state index contributed by atoms with van der Waals surface area (Å²) in [6.45, 7) is 0. The van der Waals surface area contributed by atoms with E-state index < -0.39 is 104 Å². The van der Waals surface area contributed by atoms with E-state index in [2.05, 4.69) is 0 Å². The number of anilines is 1. The number of methoxy groups -OCH3 is 1. The van der Waals surface area contributed by atoms with Crippen LogP contribution in [-0.2, 0) is 19.2 Å². The summed E-state index contributed by atoms with van der Waals surface area (Å²) in [6, 6.07) is 3.95. The van der Waals surface area contributed by atoms with Crippen LogP contribution in [0.2, 0.25) is 0 Å². The Labute approximate surface area is 248 Å². The number of imide groups is 2. The van der Waals surface area contributed by atoms with E-state index in [1.807, 2.05) is 0 Å². The monoisotopic (exact) mass is 646 g/mol. The molecular weight excluding hydrogens is 630 g/mol. The molecule has 226 valence electrons. The summed E-state index contributed by atoms with van der Waals surface area (Å²) in [5.41, 5.74) is -2.02. The van der Waals surface area contributed by atoms with Crippen molar-refractivity contribution in [2.45, 2.75) is 28.5 Å². The van der Waals surface area contributed by atoms with Gasteiger partial charge >= 0.3 is 0 Å². The number of para-hydroxylation sites is 1. The number of allylic oxidation sites excluding steroid dienone is 2. The van der Waals surface area contributed by atoms with Crippen molar-refractivity contribution in [3.05, 3.63) is 64.5 Å². The zero-order chi connectivity index (χ0) is 31.5. The standard InChI is InChI=1S/C27H17Cl2F5N2O7/c1-43-12-4-2-3-10(21(12)37)14-8-5-6-9-13(23(39)36(42)22(9)38)11(8)7-26(28)24(40)35(25(41)27(14,26)29)20-18(33)16(31)15(30)17(32)19(20)34/h2-5,9,11,13-14,37,42H,6-7H2,1H3/t9-,11+,13-,14+,26+,27-/m0/s1. The second-order valence-electron chi connectivity index (χ2n) is 10.6. The first kappa shape index (κ1) is 29.3. The summed E-state index contributed by atoms with van der Waals surface area (Å²) in [5.74, 6) is -23.9. The molecule has 2 aromatic carbocycles. The predicted molar refractivity (Wildman–Crippen MR) is 135 cm³/mol. The zero-order valence-electron chi connectivity index (χ0n) is 21.5. The lowest BCUT2D eigenvalue weighted by Gasteiger charge is -2.50. The first-order valence-electron chi connectivity index (χ1n) is 12.6. The normalized spacial score (nSPS) is 31.7. The number of benzene rings is 2. The van der Waals surface area contributed by atoms with Gasteiger partial charge in [0.2, 0.25) is 5.82 Å². The number of carbonyl (C=O) groups is 4. The maximum atomic E-state index is 15.0. The fourth-order valence-corrected chi connectivity index (χ4v) is 7.76. The van der Waals surface area contributed by atoms with Crippen molar-refractivity contribution in [2.24, 2.45) is 17.8 Å². The largest absolute Gasteiger partial charge is 0.504 e. The van der Waals surface area contributed by atoms with Gasteiger partial charge in [0.15, 0.2) is 44.5 Å². The Balaban J connectivity index is 1.64. The maximum absolute atomic E-state index is 15.0. The number of ether oxygens (including phenoxy) is 1. The summed E-state index contributed by atoms with van der Waals surface area (Å²) in [5, 5.41) is 21.1. The van der Waals surface area contributed by atoms with Crippen LogP contribution in [0.3, 0.4) is 0 Å². The van der Waals surface area contributed by atoms with Gasteiger partial charge in [-0.15, -0.1) is 23.2 Å². The van der Waals surface area contributed by atoms with Crippen LogP contribution in [0.25, 0.3) is 0 Å². The second kappa shape index (κ2) is 9.37. The number of carbonyl (C=O) groups excluding carboxylic acids is 4. The predicted octanol–water partition coefficient (Wildman–Crippen LogP) is 4.05. The van der Waals surface area contributed by atoms with E-state index in [0.29, 0.717) is 0 Å². The number of hydrogen-bond acceptors (Lipinski definition) is 7. The Morgan fingerprint density at radius 1 is 0.907 bits per heavy atom. The molecule has 9 nitrogen and oxygen atoms in total. The number of fused-ring (bicyclic) bond motifs is 4. The zero-order valence-corrected chi connectivity index (χ0v) is 23.0. The molecule has 2 N–H and O–H groups in total. The van der Waals surface area contributed by atoms with Gasteiger partial charge in [-0.1, -0.05) is 23.8 Å². The average molecular weight is 647 g/mol. The van der Waals surface area contributed by atoms with E-state index in [1.165, 1.54) is 31.4 Å². The Morgan fingerprint density at radius 3 is 2.12 bits per heavy atom. The van der Waals surface area contributed by atoms with Crippen LogP contribution in [-0.4, -0.2) is 55.9 Å². The highest BCUT2D eigenvalue weighted by molar-refractivity contribution is 6.58. The Kier molecular flexibility index (Phi) is 6.39. The highest BCUT2D eigenvalue weighted by atomic mass is 35.5. The van der Waals surface area contributed by atoms with Crippen LogP contribution in [0.1, 0.15) is 24.3 Å². The van der Waals surface area contributed by atoms with Gasteiger partial charge < -0.3 is 9.84 Å². The lowest BCUT2D eigenvalue weighted by Crippen LogP contribution is -2.60. The quantitative estimate of drug-likeness (QED) is 0.0981. The summed E-state index contributed by atoms with van der Waals surface area (Å²) < 4.78 is 77.4. The molecule has 16 heteroatoms. The lowest BCUT2D eigenvalue weighted by molar-refractivity contribution is -0.173. The van der Waals surface area contributed by atoms with E-state index in [-0.39, 0.29) is 33.3 Å². The fourth-order valence-electron chi connectivity index (χ4n) is 6.83. The number of phenols is 1. The molecule has 2 aliphatic heterocycles. The average Bonchev–Trinajstić information content (AvgIpc) is 3.29. The summed E-state index contributed by atoms with van der Waals surface area (Å²) in [6.07, 6.45) is 0.514. The van der Waals surface area contributed by atoms with Gasteiger partial charge in [-0.2, -0.15) is 5.06 Å². The number of hydrogen-bond donors (Lipinski definition) is 2. The van der Waals surface area contributed by atoms with Gasteiger partial charge in [0.1, 0.15) is 5.69 Å². The van der Waals surface area contributed by atoms with E-state index in [9.17, 15) is 51.4 Å². The maximum Gasteiger partial charge on any atom is 0.258 e. The summed E-state index contributed by atoms with van der Waals surface area (Å²) in [4.78, 5) is 47.8. The molecular formula is C27H17Cl2F5N2O7. The van der Waals surface area contributed by atoms with Crippen molar-refractivity contribution in [1.29, 1.82) is 0 Å². The molecule has 4 amide bonds. The molecule has 0 spiro atoms. The highest BCUT2D eigenvalue weighted by Crippen LogP contribution is 2.67. The van der Waals surface area contributed by atoms with Crippen molar-refractivity contribution in [3.63, 3.8) is 0 Å². The molecule has 0 aromatic heterocycles. The van der Waals surface area contributed by atoms with Gasteiger partial charge in [0.25, 0.3) is 23.6 Å². The SMILES string of the molecule is COc1cccc([C@H]2C3=CC[C@@H]4C(=O)N(O)C(=O)[C@@H]4[C@@H]3C[C@@]3(Cl)C(=O)N(c4c(F)c(F)c(F)c(F)c4F)C(=O)[C@@]23Cl)c1O.